The number of rotatable bonds is 4. The molecule has 134 valence electrons. The number of hydrogen-bond acceptors (Lipinski definition) is 6. The van der Waals surface area contributed by atoms with Gasteiger partial charge in [-0.05, 0) is 13.0 Å². The molecular weight excluding hydrogens is 330 g/mol. The number of nitrogens with one attached hydrogen (secondary N) is 1. The molecule has 2 aliphatic rings. The molecule has 25 heavy (non-hydrogen) atoms. The summed E-state index contributed by atoms with van der Waals surface area (Å²) < 4.78 is 10.5. The molecule has 1 aromatic rings. The lowest BCUT2D eigenvalue weighted by atomic mass is 10.1. The summed E-state index contributed by atoms with van der Waals surface area (Å²) in [5, 5.41) is 11.7. The molecule has 0 unspecified atom stereocenters. The van der Waals surface area contributed by atoms with Crippen molar-refractivity contribution in [3.63, 3.8) is 0 Å². The van der Waals surface area contributed by atoms with E-state index in [1.165, 1.54) is 11.8 Å². The Morgan fingerprint density at radius 2 is 1.76 bits per heavy atom. The Hall–Kier alpha value is -2.81. The first-order valence-electron chi connectivity index (χ1n) is 7.88. The summed E-state index contributed by atoms with van der Waals surface area (Å²) in [4.78, 5) is 38.2. The van der Waals surface area contributed by atoms with Gasteiger partial charge in [0.2, 0.25) is 12.7 Å². The lowest BCUT2D eigenvalue weighted by molar-refractivity contribution is -0.117. The number of piperazine rings is 1. The number of ketones is 1. The minimum absolute atomic E-state index is 0.0813. The van der Waals surface area contributed by atoms with E-state index >= 15 is 0 Å². The minimum atomic E-state index is -0.949. The molecule has 0 aromatic heterocycles. The van der Waals surface area contributed by atoms with Crippen molar-refractivity contribution >= 4 is 23.5 Å². The fourth-order valence-electron chi connectivity index (χ4n) is 2.83. The Bertz CT molecular complexity index is 712. The van der Waals surface area contributed by atoms with E-state index in [9.17, 15) is 14.4 Å². The molecular formula is C16H19N3O6. The first-order chi connectivity index (χ1) is 11.9. The van der Waals surface area contributed by atoms with E-state index in [1.807, 2.05) is 4.90 Å². The van der Waals surface area contributed by atoms with Gasteiger partial charge < -0.3 is 24.8 Å². The van der Waals surface area contributed by atoms with Crippen molar-refractivity contribution in [2.24, 2.45) is 0 Å². The topological polar surface area (TPSA) is 108 Å². The Balaban J connectivity index is 1.63. The number of carbonyl (C=O) groups is 3. The van der Waals surface area contributed by atoms with Crippen LogP contribution in [0.4, 0.5) is 10.5 Å². The summed E-state index contributed by atoms with van der Waals surface area (Å²) >= 11 is 0. The zero-order chi connectivity index (χ0) is 18.0. The van der Waals surface area contributed by atoms with Gasteiger partial charge in [0.15, 0.2) is 17.3 Å². The summed E-state index contributed by atoms with van der Waals surface area (Å²) in [5.41, 5.74) is 0.735. The quantitative estimate of drug-likeness (QED) is 0.776. The van der Waals surface area contributed by atoms with E-state index in [4.69, 9.17) is 14.6 Å². The highest BCUT2D eigenvalue weighted by Crippen LogP contribution is 2.37. The van der Waals surface area contributed by atoms with Crippen LogP contribution in [0.15, 0.2) is 12.1 Å². The molecule has 2 aliphatic heterocycles. The summed E-state index contributed by atoms with van der Waals surface area (Å²) in [7, 11) is 0. The number of fused-ring (bicyclic) bond motifs is 1. The zero-order valence-electron chi connectivity index (χ0n) is 13.8. The molecule has 0 spiro atoms. The van der Waals surface area contributed by atoms with Crippen LogP contribution < -0.4 is 14.8 Å². The van der Waals surface area contributed by atoms with Gasteiger partial charge in [-0.15, -0.1) is 0 Å². The second kappa shape index (κ2) is 6.98. The third-order valence-electron chi connectivity index (χ3n) is 4.18. The van der Waals surface area contributed by atoms with Crippen LogP contribution >= 0.6 is 0 Å². The molecule has 1 saturated heterocycles. The molecule has 2 amide bonds. The van der Waals surface area contributed by atoms with Crippen LogP contribution in [0, 0.1) is 0 Å². The van der Waals surface area contributed by atoms with Gasteiger partial charge in [-0.1, -0.05) is 0 Å². The standard InChI is InChI=1S/C16H19N3O6/c1-10(20)11-6-13-14(25-9-24-13)7-12(11)17-15(21)8-18-2-4-19(5-3-18)16(22)23/h6-7H,2-5,8-9H2,1H3,(H,17,21)(H,22,23). The zero-order valence-corrected chi connectivity index (χ0v) is 13.8. The van der Waals surface area contributed by atoms with Crippen molar-refractivity contribution in [1.82, 2.24) is 9.80 Å². The fourth-order valence-corrected chi connectivity index (χ4v) is 2.83. The third-order valence-corrected chi connectivity index (χ3v) is 4.18. The van der Waals surface area contributed by atoms with Crippen molar-refractivity contribution in [2.75, 3.05) is 44.8 Å². The van der Waals surface area contributed by atoms with E-state index in [0.717, 1.165) is 0 Å². The van der Waals surface area contributed by atoms with Gasteiger partial charge in [-0.3, -0.25) is 14.5 Å². The number of amides is 2. The third kappa shape index (κ3) is 3.82. The molecule has 3 rings (SSSR count). The largest absolute Gasteiger partial charge is 0.465 e. The lowest BCUT2D eigenvalue weighted by Crippen LogP contribution is -2.50. The number of Topliss-reactive ketones (excluding diaryl/α,β-unsaturated/α-hetero) is 1. The number of carboxylic acid groups (broad SMARTS) is 1. The van der Waals surface area contributed by atoms with Gasteiger partial charge in [-0.25, -0.2) is 4.79 Å². The molecule has 2 heterocycles. The Kier molecular flexibility index (Phi) is 4.75. The molecule has 0 bridgehead atoms. The van der Waals surface area contributed by atoms with Crippen molar-refractivity contribution in [1.29, 1.82) is 0 Å². The molecule has 1 aromatic carbocycles. The minimum Gasteiger partial charge on any atom is -0.465 e. The molecule has 0 aliphatic carbocycles. The van der Waals surface area contributed by atoms with E-state index in [-0.39, 0.29) is 25.0 Å². The summed E-state index contributed by atoms with van der Waals surface area (Å²) in [6.45, 7) is 3.33. The SMILES string of the molecule is CC(=O)c1cc2c(cc1NC(=O)CN1CCN(C(=O)O)CC1)OCO2. The van der Waals surface area contributed by atoms with Gasteiger partial charge in [-0.2, -0.15) is 0 Å². The molecule has 0 radical (unpaired) electrons. The van der Waals surface area contributed by atoms with E-state index in [0.29, 0.717) is 48.9 Å². The van der Waals surface area contributed by atoms with Crippen molar-refractivity contribution in [3.05, 3.63) is 17.7 Å². The predicted octanol–water partition coefficient (Wildman–Crippen LogP) is 0.852. The van der Waals surface area contributed by atoms with E-state index in [2.05, 4.69) is 5.32 Å². The maximum Gasteiger partial charge on any atom is 0.407 e. The lowest BCUT2D eigenvalue weighted by Gasteiger charge is -2.32. The Labute approximate surface area is 144 Å². The van der Waals surface area contributed by atoms with Crippen LogP contribution in [0.3, 0.4) is 0 Å². The molecule has 9 nitrogen and oxygen atoms in total. The second-order valence-electron chi connectivity index (χ2n) is 5.90. The number of ether oxygens (including phenoxy) is 2. The number of benzene rings is 1. The summed E-state index contributed by atoms with van der Waals surface area (Å²) in [5.74, 6) is 0.497. The summed E-state index contributed by atoms with van der Waals surface area (Å²) in [6, 6.07) is 3.14. The van der Waals surface area contributed by atoms with Crippen molar-refractivity contribution in [3.8, 4) is 11.5 Å². The highest BCUT2D eigenvalue weighted by Gasteiger charge is 2.23. The van der Waals surface area contributed by atoms with Crippen LogP contribution in [0.1, 0.15) is 17.3 Å². The van der Waals surface area contributed by atoms with Crippen molar-refractivity contribution in [2.45, 2.75) is 6.92 Å². The maximum atomic E-state index is 12.3. The van der Waals surface area contributed by atoms with Gasteiger partial charge in [0, 0.05) is 37.8 Å². The maximum absolute atomic E-state index is 12.3. The molecule has 0 atom stereocenters. The number of hydrogen-bond donors (Lipinski definition) is 2. The predicted molar refractivity (Wildman–Crippen MR) is 87.2 cm³/mol. The normalized spacial score (nSPS) is 16.6. The first-order valence-corrected chi connectivity index (χ1v) is 7.88. The van der Waals surface area contributed by atoms with Crippen LogP contribution in [0.25, 0.3) is 0 Å². The Morgan fingerprint density at radius 1 is 1.12 bits per heavy atom. The monoisotopic (exact) mass is 349 g/mol. The van der Waals surface area contributed by atoms with Crippen LogP contribution in [-0.4, -0.2) is 72.2 Å². The Morgan fingerprint density at radius 3 is 2.36 bits per heavy atom. The highest BCUT2D eigenvalue weighted by molar-refractivity contribution is 6.05. The average Bonchev–Trinajstić information content (AvgIpc) is 3.01. The van der Waals surface area contributed by atoms with Crippen LogP contribution in [0.2, 0.25) is 0 Å². The van der Waals surface area contributed by atoms with E-state index in [1.54, 1.807) is 12.1 Å². The molecule has 2 N–H and O–H groups in total. The van der Waals surface area contributed by atoms with E-state index < -0.39 is 6.09 Å². The first kappa shape index (κ1) is 17.0. The second-order valence-corrected chi connectivity index (χ2v) is 5.90. The van der Waals surface area contributed by atoms with Gasteiger partial charge in [0.1, 0.15) is 0 Å². The summed E-state index contributed by atoms with van der Waals surface area (Å²) in [6.07, 6.45) is -0.949. The van der Waals surface area contributed by atoms with Crippen LogP contribution in [0.5, 0.6) is 11.5 Å². The average molecular weight is 349 g/mol. The fraction of sp³-hybridized carbons (Fsp3) is 0.438. The van der Waals surface area contributed by atoms with Crippen molar-refractivity contribution < 1.29 is 29.0 Å². The molecule has 1 fully saturated rings. The van der Waals surface area contributed by atoms with Gasteiger partial charge in [0.25, 0.3) is 0 Å². The van der Waals surface area contributed by atoms with Crippen LogP contribution in [-0.2, 0) is 4.79 Å². The smallest absolute Gasteiger partial charge is 0.407 e. The molecule has 9 heteroatoms. The number of anilines is 1. The highest BCUT2D eigenvalue weighted by atomic mass is 16.7. The van der Waals surface area contributed by atoms with Gasteiger partial charge >= 0.3 is 6.09 Å². The number of nitrogens with zero attached hydrogens (tertiary/aromatic N) is 2. The number of carbonyl (C=O) groups excluding carboxylic acids is 2. The molecule has 0 saturated carbocycles. The van der Waals surface area contributed by atoms with Gasteiger partial charge in [0.05, 0.1) is 12.2 Å².